The Bertz CT molecular complexity index is 356. The predicted octanol–water partition coefficient (Wildman–Crippen LogP) is 0.789. The third-order valence-electron chi connectivity index (χ3n) is 2.54. The van der Waals surface area contributed by atoms with E-state index < -0.39 is 6.04 Å². The highest BCUT2D eigenvalue weighted by molar-refractivity contribution is 5.85. The van der Waals surface area contributed by atoms with Crippen LogP contribution < -0.4 is 11.1 Å². The Hall–Kier alpha value is -1.14. The second-order valence-corrected chi connectivity index (χ2v) is 3.86. The molecule has 2 unspecified atom stereocenters. The first-order valence-corrected chi connectivity index (χ1v) is 5.37. The number of carbonyl (C=O) groups is 1. The number of halogens is 1. The zero-order valence-electron chi connectivity index (χ0n) is 10.3. The number of rotatable bonds is 5. The number of hydrogen-bond acceptors (Lipinski definition) is 5. The van der Waals surface area contributed by atoms with Crippen LogP contribution in [-0.4, -0.2) is 22.1 Å². The van der Waals surface area contributed by atoms with Gasteiger partial charge < -0.3 is 15.6 Å². The molecule has 0 fully saturated rings. The fourth-order valence-electron chi connectivity index (χ4n) is 1.20. The summed E-state index contributed by atoms with van der Waals surface area (Å²) in [5.74, 6) is 0.910. The van der Waals surface area contributed by atoms with Gasteiger partial charge in [0.2, 0.25) is 11.8 Å². The number of hydrogen-bond donors (Lipinski definition) is 2. The molecule has 0 aromatic carbocycles. The van der Waals surface area contributed by atoms with Crippen molar-refractivity contribution in [2.45, 2.75) is 39.8 Å². The fraction of sp³-hybridized carbons (Fsp3) is 0.700. The second kappa shape index (κ2) is 7.24. The second-order valence-electron chi connectivity index (χ2n) is 3.86. The Morgan fingerprint density at radius 1 is 1.59 bits per heavy atom. The van der Waals surface area contributed by atoms with E-state index in [4.69, 9.17) is 10.3 Å². The summed E-state index contributed by atoms with van der Waals surface area (Å²) < 4.78 is 4.86. The van der Waals surface area contributed by atoms with Gasteiger partial charge in [0.25, 0.3) is 0 Å². The summed E-state index contributed by atoms with van der Waals surface area (Å²) in [4.78, 5) is 15.6. The summed E-state index contributed by atoms with van der Waals surface area (Å²) in [6.07, 6.45) is 0.869. The molecule has 1 amide bonds. The molecule has 1 heterocycles. The summed E-state index contributed by atoms with van der Waals surface area (Å²) >= 11 is 0. The van der Waals surface area contributed by atoms with E-state index >= 15 is 0 Å². The maximum absolute atomic E-state index is 11.6. The quantitative estimate of drug-likeness (QED) is 0.818. The summed E-state index contributed by atoms with van der Waals surface area (Å²) in [6, 6.07) is -0.492. The van der Waals surface area contributed by atoms with Crippen molar-refractivity contribution in [2.75, 3.05) is 0 Å². The number of nitrogens with two attached hydrogens (primary N) is 1. The molecule has 0 aliphatic heterocycles. The molecule has 98 valence electrons. The lowest BCUT2D eigenvalue weighted by molar-refractivity contribution is -0.123. The Morgan fingerprint density at radius 3 is 2.71 bits per heavy atom. The minimum absolute atomic E-state index is 0. The molecule has 0 bridgehead atoms. The van der Waals surface area contributed by atoms with Crippen LogP contribution in [0.3, 0.4) is 0 Å². The molecule has 0 aliphatic carbocycles. The van der Waals surface area contributed by atoms with Gasteiger partial charge in [0.1, 0.15) is 0 Å². The lowest BCUT2D eigenvalue weighted by Gasteiger charge is -2.16. The van der Waals surface area contributed by atoms with Gasteiger partial charge in [-0.05, 0) is 12.8 Å². The van der Waals surface area contributed by atoms with E-state index in [0.29, 0.717) is 11.7 Å². The smallest absolute Gasteiger partial charge is 0.246 e. The van der Waals surface area contributed by atoms with Crippen molar-refractivity contribution < 1.29 is 9.32 Å². The van der Waals surface area contributed by atoms with Gasteiger partial charge in [0, 0.05) is 0 Å². The highest BCUT2D eigenvalue weighted by Crippen LogP contribution is 2.05. The minimum atomic E-state index is -0.492. The van der Waals surface area contributed by atoms with Crippen molar-refractivity contribution in [3.05, 3.63) is 11.7 Å². The molecule has 6 nitrogen and oxygen atoms in total. The Kier molecular flexibility index (Phi) is 6.75. The van der Waals surface area contributed by atoms with E-state index in [1.54, 1.807) is 6.92 Å². The topological polar surface area (TPSA) is 94.0 Å². The first-order valence-electron chi connectivity index (χ1n) is 5.37. The van der Waals surface area contributed by atoms with E-state index in [-0.39, 0.29) is 30.8 Å². The van der Waals surface area contributed by atoms with Crippen LogP contribution in [0.4, 0.5) is 0 Å². The van der Waals surface area contributed by atoms with Gasteiger partial charge >= 0.3 is 0 Å². The average Bonchev–Trinajstić information content (AvgIpc) is 2.69. The number of aromatic nitrogens is 2. The number of nitrogens with zero attached hydrogens (tertiary/aromatic N) is 2. The molecule has 1 aromatic rings. The first kappa shape index (κ1) is 15.9. The zero-order valence-corrected chi connectivity index (χ0v) is 11.1. The summed E-state index contributed by atoms with van der Waals surface area (Å²) in [7, 11) is 0. The zero-order chi connectivity index (χ0) is 12.1. The van der Waals surface area contributed by atoms with Crippen molar-refractivity contribution in [1.82, 2.24) is 15.5 Å². The van der Waals surface area contributed by atoms with Crippen molar-refractivity contribution in [2.24, 2.45) is 11.7 Å². The molecule has 0 aliphatic rings. The van der Waals surface area contributed by atoms with Crippen LogP contribution in [0.25, 0.3) is 0 Å². The van der Waals surface area contributed by atoms with Gasteiger partial charge in [-0.15, -0.1) is 12.4 Å². The molecule has 0 radical (unpaired) electrons. The average molecular weight is 263 g/mol. The van der Waals surface area contributed by atoms with Crippen LogP contribution in [0.15, 0.2) is 4.52 Å². The molecule has 17 heavy (non-hydrogen) atoms. The van der Waals surface area contributed by atoms with E-state index in [2.05, 4.69) is 15.5 Å². The summed E-state index contributed by atoms with van der Waals surface area (Å²) in [6.45, 7) is 5.89. The van der Waals surface area contributed by atoms with E-state index in [9.17, 15) is 4.79 Å². The van der Waals surface area contributed by atoms with Crippen molar-refractivity contribution in [3.8, 4) is 0 Å². The normalized spacial score (nSPS) is 13.6. The monoisotopic (exact) mass is 262 g/mol. The molecule has 0 spiro atoms. The lowest BCUT2D eigenvalue weighted by atomic mass is 9.99. The maximum atomic E-state index is 11.6. The molecule has 2 atom stereocenters. The van der Waals surface area contributed by atoms with Crippen LogP contribution in [0, 0.1) is 12.8 Å². The van der Waals surface area contributed by atoms with Crippen LogP contribution >= 0.6 is 12.4 Å². The largest absolute Gasteiger partial charge is 0.346 e. The van der Waals surface area contributed by atoms with Gasteiger partial charge in [-0.1, -0.05) is 25.4 Å². The van der Waals surface area contributed by atoms with Crippen LogP contribution in [0.1, 0.15) is 32.0 Å². The maximum Gasteiger partial charge on any atom is 0.246 e. The van der Waals surface area contributed by atoms with E-state index in [0.717, 1.165) is 6.42 Å². The fourth-order valence-corrected chi connectivity index (χ4v) is 1.20. The number of aryl methyl sites for hydroxylation is 1. The number of amides is 1. The number of nitrogens with one attached hydrogen (secondary N) is 1. The van der Waals surface area contributed by atoms with E-state index in [1.165, 1.54) is 0 Å². The van der Waals surface area contributed by atoms with E-state index in [1.807, 2.05) is 13.8 Å². The van der Waals surface area contributed by atoms with Gasteiger partial charge in [0.15, 0.2) is 5.82 Å². The molecule has 0 saturated carbocycles. The predicted molar refractivity (Wildman–Crippen MR) is 65.6 cm³/mol. The molecule has 0 saturated heterocycles. The molecule has 3 N–H and O–H groups in total. The summed E-state index contributed by atoms with van der Waals surface area (Å²) in [5.41, 5.74) is 5.76. The molecule has 1 aromatic heterocycles. The molecule has 7 heteroatoms. The van der Waals surface area contributed by atoms with Gasteiger partial charge in [-0.3, -0.25) is 4.79 Å². The Morgan fingerprint density at radius 2 is 2.24 bits per heavy atom. The minimum Gasteiger partial charge on any atom is -0.346 e. The lowest BCUT2D eigenvalue weighted by Crippen LogP contribution is -2.44. The van der Waals surface area contributed by atoms with Gasteiger partial charge in [-0.25, -0.2) is 0 Å². The van der Waals surface area contributed by atoms with Gasteiger partial charge in [0.05, 0.1) is 12.6 Å². The Balaban J connectivity index is 0.00000256. The van der Waals surface area contributed by atoms with Crippen LogP contribution in [0.2, 0.25) is 0 Å². The third-order valence-corrected chi connectivity index (χ3v) is 2.54. The Labute approximate surface area is 107 Å². The van der Waals surface area contributed by atoms with Crippen molar-refractivity contribution >= 4 is 18.3 Å². The van der Waals surface area contributed by atoms with Crippen LogP contribution in [0.5, 0.6) is 0 Å². The molecule has 1 rings (SSSR count). The molecular weight excluding hydrogens is 244 g/mol. The standard InChI is InChI=1S/C10H18N4O2.ClH/c1-4-6(2)9(11)10(15)12-5-8-13-7(3)14-16-8;/h6,9H,4-5,11H2,1-3H3,(H,12,15);1H. The third kappa shape index (κ3) is 4.70. The van der Waals surface area contributed by atoms with Gasteiger partial charge in [-0.2, -0.15) is 4.98 Å². The van der Waals surface area contributed by atoms with Crippen LogP contribution in [-0.2, 0) is 11.3 Å². The van der Waals surface area contributed by atoms with Crippen molar-refractivity contribution in [3.63, 3.8) is 0 Å². The summed E-state index contributed by atoms with van der Waals surface area (Å²) in [5, 5.41) is 6.29. The highest BCUT2D eigenvalue weighted by Gasteiger charge is 2.19. The molecular formula is C10H19ClN4O2. The SMILES string of the molecule is CCC(C)C(N)C(=O)NCc1nc(C)no1.Cl. The highest BCUT2D eigenvalue weighted by atomic mass is 35.5. The number of carbonyl (C=O) groups excluding carboxylic acids is 1. The first-order chi connectivity index (χ1) is 7.54. The van der Waals surface area contributed by atoms with Crippen molar-refractivity contribution in [1.29, 1.82) is 0 Å².